The van der Waals surface area contributed by atoms with Crippen molar-refractivity contribution in [3.8, 4) is 0 Å². The van der Waals surface area contributed by atoms with Gasteiger partial charge in [0.05, 0.1) is 16.4 Å². The van der Waals surface area contributed by atoms with Crippen molar-refractivity contribution in [1.29, 1.82) is 0 Å². The highest BCUT2D eigenvalue weighted by Crippen LogP contribution is 2.25. The molecule has 0 saturated carbocycles. The van der Waals surface area contributed by atoms with Gasteiger partial charge in [-0.2, -0.15) is 5.10 Å². The summed E-state index contributed by atoms with van der Waals surface area (Å²) in [5, 5.41) is 8.75. The SMILES string of the molecule is CCn1nc(C)c(Cl)c1CN1CCNCC1(C)C. The summed E-state index contributed by atoms with van der Waals surface area (Å²) in [6, 6.07) is 0. The zero-order valence-electron chi connectivity index (χ0n) is 11.8. The summed E-state index contributed by atoms with van der Waals surface area (Å²) >= 11 is 6.38. The first-order valence-electron chi connectivity index (χ1n) is 6.63. The van der Waals surface area contributed by atoms with Gasteiger partial charge >= 0.3 is 0 Å². The molecule has 0 unspecified atom stereocenters. The van der Waals surface area contributed by atoms with E-state index in [0.717, 1.165) is 49.1 Å². The summed E-state index contributed by atoms with van der Waals surface area (Å²) in [6.07, 6.45) is 0. The van der Waals surface area contributed by atoms with E-state index in [1.807, 2.05) is 11.6 Å². The van der Waals surface area contributed by atoms with Gasteiger partial charge in [0.2, 0.25) is 0 Å². The van der Waals surface area contributed by atoms with E-state index < -0.39 is 0 Å². The number of hydrogen-bond donors (Lipinski definition) is 1. The van der Waals surface area contributed by atoms with E-state index in [1.165, 1.54) is 0 Å². The molecule has 2 rings (SSSR count). The molecular formula is C13H23ClN4. The van der Waals surface area contributed by atoms with Crippen molar-refractivity contribution in [2.45, 2.75) is 46.3 Å². The maximum Gasteiger partial charge on any atom is 0.0860 e. The number of nitrogens with zero attached hydrogens (tertiary/aromatic N) is 3. The molecular weight excluding hydrogens is 248 g/mol. The number of aromatic nitrogens is 2. The predicted molar refractivity (Wildman–Crippen MR) is 75.0 cm³/mol. The molecule has 18 heavy (non-hydrogen) atoms. The van der Waals surface area contributed by atoms with Gasteiger partial charge in [-0.15, -0.1) is 0 Å². The molecule has 1 aliphatic rings. The lowest BCUT2D eigenvalue weighted by molar-refractivity contribution is 0.0799. The molecule has 0 amide bonds. The second-order valence-corrected chi connectivity index (χ2v) is 5.95. The molecule has 1 fully saturated rings. The molecule has 1 aromatic heterocycles. The Kier molecular flexibility index (Phi) is 3.99. The fraction of sp³-hybridized carbons (Fsp3) is 0.769. The van der Waals surface area contributed by atoms with Crippen LogP contribution in [0.5, 0.6) is 0 Å². The van der Waals surface area contributed by atoms with Crippen molar-refractivity contribution in [1.82, 2.24) is 20.0 Å². The maximum atomic E-state index is 6.38. The molecule has 5 heteroatoms. The number of nitrogens with one attached hydrogen (secondary N) is 1. The van der Waals surface area contributed by atoms with Gasteiger partial charge in [0.15, 0.2) is 0 Å². The first-order valence-corrected chi connectivity index (χ1v) is 7.01. The zero-order valence-corrected chi connectivity index (χ0v) is 12.5. The van der Waals surface area contributed by atoms with E-state index in [1.54, 1.807) is 0 Å². The van der Waals surface area contributed by atoms with Crippen molar-refractivity contribution < 1.29 is 0 Å². The smallest absolute Gasteiger partial charge is 0.0860 e. The van der Waals surface area contributed by atoms with Crippen molar-refractivity contribution >= 4 is 11.6 Å². The molecule has 0 radical (unpaired) electrons. The fourth-order valence-electron chi connectivity index (χ4n) is 2.52. The standard InChI is InChI=1S/C13H23ClN4/c1-5-18-11(12(14)10(2)16-18)8-17-7-6-15-9-13(17,3)4/h15H,5-9H2,1-4H3. The number of halogens is 1. The molecule has 2 heterocycles. The molecule has 0 bridgehead atoms. The van der Waals surface area contributed by atoms with Crippen LogP contribution in [0.3, 0.4) is 0 Å². The fourth-order valence-corrected chi connectivity index (χ4v) is 2.71. The van der Waals surface area contributed by atoms with E-state index in [9.17, 15) is 0 Å². The van der Waals surface area contributed by atoms with Crippen LogP contribution in [0.25, 0.3) is 0 Å². The van der Waals surface area contributed by atoms with Crippen molar-refractivity contribution in [2.75, 3.05) is 19.6 Å². The molecule has 0 aliphatic carbocycles. The second-order valence-electron chi connectivity index (χ2n) is 5.57. The van der Waals surface area contributed by atoms with Crippen LogP contribution in [-0.2, 0) is 13.1 Å². The largest absolute Gasteiger partial charge is 0.314 e. The summed E-state index contributed by atoms with van der Waals surface area (Å²) in [5.74, 6) is 0. The van der Waals surface area contributed by atoms with Gasteiger partial charge in [-0.25, -0.2) is 0 Å². The second kappa shape index (κ2) is 5.19. The van der Waals surface area contributed by atoms with E-state index in [2.05, 4.69) is 36.1 Å². The number of aryl methyl sites for hydroxylation is 2. The summed E-state index contributed by atoms with van der Waals surface area (Å²) < 4.78 is 2.02. The Morgan fingerprint density at radius 3 is 2.78 bits per heavy atom. The van der Waals surface area contributed by atoms with Gasteiger partial charge in [-0.05, 0) is 27.7 Å². The highest BCUT2D eigenvalue weighted by Gasteiger charge is 2.31. The molecule has 1 aromatic rings. The molecule has 102 valence electrons. The van der Waals surface area contributed by atoms with Crippen molar-refractivity contribution in [3.63, 3.8) is 0 Å². The minimum absolute atomic E-state index is 0.165. The zero-order chi connectivity index (χ0) is 13.3. The first-order chi connectivity index (χ1) is 8.45. The summed E-state index contributed by atoms with van der Waals surface area (Å²) in [6.45, 7) is 13.5. The Hall–Kier alpha value is -0.580. The van der Waals surface area contributed by atoms with Gasteiger partial charge in [0, 0.05) is 38.3 Å². The predicted octanol–water partition coefficient (Wildman–Crippen LogP) is 2.05. The molecule has 0 spiro atoms. The van der Waals surface area contributed by atoms with Crippen LogP contribution in [0, 0.1) is 6.92 Å². The Labute approximate surface area is 114 Å². The normalized spacial score (nSPS) is 20.3. The number of rotatable bonds is 3. The lowest BCUT2D eigenvalue weighted by atomic mass is 10.00. The lowest BCUT2D eigenvalue weighted by Gasteiger charge is -2.42. The quantitative estimate of drug-likeness (QED) is 0.913. The summed E-state index contributed by atoms with van der Waals surface area (Å²) in [4.78, 5) is 2.48. The third kappa shape index (κ3) is 2.56. The first kappa shape index (κ1) is 13.8. The highest BCUT2D eigenvalue weighted by atomic mass is 35.5. The molecule has 1 aliphatic heterocycles. The minimum atomic E-state index is 0.165. The third-order valence-electron chi connectivity index (χ3n) is 3.77. The van der Waals surface area contributed by atoms with Crippen LogP contribution in [0.15, 0.2) is 0 Å². The van der Waals surface area contributed by atoms with Crippen LogP contribution in [0.1, 0.15) is 32.2 Å². The van der Waals surface area contributed by atoms with Crippen LogP contribution in [0.2, 0.25) is 5.02 Å². The van der Waals surface area contributed by atoms with Crippen LogP contribution >= 0.6 is 11.6 Å². The van der Waals surface area contributed by atoms with Crippen LogP contribution < -0.4 is 5.32 Å². The van der Waals surface area contributed by atoms with Crippen molar-refractivity contribution in [2.24, 2.45) is 0 Å². The minimum Gasteiger partial charge on any atom is -0.314 e. The lowest BCUT2D eigenvalue weighted by Crippen LogP contribution is -2.57. The van der Waals surface area contributed by atoms with E-state index in [0.29, 0.717) is 0 Å². The van der Waals surface area contributed by atoms with E-state index in [-0.39, 0.29) is 5.54 Å². The maximum absolute atomic E-state index is 6.38. The summed E-state index contributed by atoms with van der Waals surface area (Å²) in [7, 11) is 0. The molecule has 1 N–H and O–H groups in total. The average molecular weight is 271 g/mol. The van der Waals surface area contributed by atoms with Gasteiger partial charge in [-0.1, -0.05) is 11.6 Å². The number of piperazine rings is 1. The Balaban J connectivity index is 2.23. The van der Waals surface area contributed by atoms with Gasteiger partial charge in [0.1, 0.15) is 0 Å². The monoisotopic (exact) mass is 270 g/mol. The topological polar surface area (TPSA) is 33.1 Å². The molecule has 0 aromatic carbocycles. The molecule has 1 saturated heterocycles. The Morgan fingerprint density at radius 1 is 1.44 bits per heavy atom. The summed E-state index contributed by atoms with van der Waals surface area (Å²) in [5.41, 5.74) is 2.24. The van der Waals surface area contributed by atoms with Crippen LogP contribution in [0.4, 0.5) is 0 Å². The number of hydrogen-bond acceptors (Lipinski definition) is 3. The van der Waals surface area contributed by atoms with Crippen molar-refractivity contribution in [3.05, 3.63) is 16.4 Å². The highest BCUT2D eigenvalue weighted by molar-refractivity contribution is 6.31. The third-order valence-corrected chi connectivity index (χ3v) is 4.26. The van der Waals surface area contributed by atoms with Gasteiger partial charge < -0.3 is 5.32 Å². The Bertz CT molecular complexity index is 425. The van der Waals surface area contributed by atoms with E-state index in [4.69, 9.17) is 11.6 Å². The molecule has 4 nitrogen and oxygen atoms in total. The van der Waals surface area contributed by atoms with Gasteiger partial charge in [-0.3, -0.25) is 9.58 Å². The van der Waals surface area contributed by atoms with E-state index >= 15 is 0 Å². The van der Waals surface area contributed by atoms with Gasteiger partial charge in [0.25, 0.3) is 0 Å². The average Bonchev–Trinajstić information content (AvgIpc) is 2.59. The Morgan fingerprint density at radius 2 is 2.17 bits per heavy atom. The van der Waals surface area contributed by atoms with Crippen LogP contribution in [-0.4, -0.2) is 39.9 Å². The molecule has 0 atom stereocenters.